The minimum Gasteiger partial charge on any atom is -0.481 e. The van der Waals surface area contributed by atoms with Gasteiger partial charge in [0.15, 0.2) is 0 Å². The predicted octanol–water partition coefficient (Wildman–Crippen LogP) is 1.31. The van der Waals surface area contributed by atoms with E-state index in [0.717, 1.165) is 0 Å². The van der Waals surface area contributed by atoms with E-state index in [-0.39, 0.29) is 18.6 Å². The molecule has 0 radical (unpaired) electrons. The number of hydrogen-bond acceptors (Lipinski definition) is 3. The number of aliphatic carboxylic acids is 1. The van der Waals surface area contributed by atoms with Crippen LogP contribution in [-0.4, -0.2) is 54.4 Å². The first kappa shape index (κ1) is 15.8. The van der Waals surface area contributed by atoms with Crippen molar-refractivity contribution in [3.05, 3.63) is 0 Å². The van der Waals surface area contributed by atoms with Crippen LogP contribution in [0.5, 0.6) is 0 Å². The van der Waals surface area contributed by atoms with Gasteiger partial charge < -0.3 is 20.1 Å². The van der Waals surface area contributed by atoms with E-state index in [4.69, 9.17) is 4.74 Å². The molecule has 1 fully saturated rings. The SMILES string of the molecule is CCOCC(C)NC(=O)N1CCC(CC)(C(=O)O)C1. The van der Waals surface area contributed by atoms with Crippen molar-refractivity contribution < 1.29 is 19.4 Å². The molecule has 110 valence electrons. The van der Waals surface area contributed by atoms with Crippen molar-refractivity contribution in [3.8, 4) is 0 Å². The standard InChI is InChI=1S/C13H24N2O4/c1-4-13(11(16)17)6-7-15(9-13)12(18)14-10(3)8-19-5-2/h10H,4-9H2,1-3H3,(H,14,18)(H,16,17). The Morgan fingerprint density at radius 1 is 1.47 bits per heavy atom. The minimum atomic E-state index is -0.812. The average molecular weight is 272 g/mol. The molecular formula is C13H24N2O4. The van der Waals surface area contributed by atoms with Gasteiger partial charge in [0, 0.05) is 19.7 Å². The molecule has 2 N–H and O–H groups in total. The third-order valence-electron chi connectivity index (χ3n) is 3.71. The Morgan fingerprint density at radius 3 is 2.63 bits per heavy atom. The molecular weight excluding hydrogens is 248 g/mol. The maximum absolute atomic E-state index is 12.0. The zero-order chi connectivity index (χ0) is 14.5. The first-order chi connectivity index (χ1) is 8.95. The molecule has 2 unspecified atom stereocenters. The lowest BCUT2D eigenvalue weighted by molar-refractivity contribution is -0.148. The summed E-state index contributed by atoms with van der Waals surface area (Å²) in [5.41, 5.74) is -0.777. The third-order valence-corrected chi connectivity index (χ3v) is 3.71. The van der Waals surface area contributed by atoms with Crippen molar-refractivity contribution in [2.75, 3.05) is 26.3 Å². The van der Waals surface area contributed by atoms with Gasteiger partial charge in [-0.05, 0) is 26.7 Å². The zero-order valence-electron chi connectivity index (χ0n) is 11.9. The number of carbonyl (C=O) groups excluding carboxylic acids is 1. The quantitative estimate of drug-likeness (QED) is 0.764. The van der Waals surface area contributed by atoms with E-state index in [1.54, 1.807) is 4.90 Å². The Bertz CT molecular complexity index is 335. The number of rotatable bonds is 6. The van der Waals surface area contributed by atoms with E-state index < -0.39 is 11.4 Å². The number of nitrogens with one attached hydrogen (secondary N) is 1. The summed E-state index contributed by atoms with van der Waals surface area (Å²) in [5.74, 6) is -0.812. The number of carboxylic acids is 1. The minimum absolute atomic E-state index is 0.0751. The number of likely N-dealkylation sites (tertiary alicyclic amines) is 1. The Hall–Kier alpha value is -1.30. The van der Waals surface area contributed by atoms with Crippen LogP contribution >= 0.6 is 0 Å². The Balaban J connectivity index is 2.50. The average Bonchev–Trinajstić information content (AvgIpc) is 2.82. The van der Waals surface area contributed by atoms with Crippen molar-refractivity contribution in [3.63, 3.8) is 0 Å². The lowest BCUT2D eigenvalue weighted by atomic mass is 9.84. The molecule has 6 heteroatoms. The van der Waals surface area contributed by atoms with Crippen LogP contribution in [0.4, 0.5) is 4.79 Å². The van der Waals surface area contributed by atoms with Crippen LogP contribution in [0.25, 0.3) is 0 Å². The highest BCUT2D eigenvalue weighted by Gasteiger charge is 2.44. The van der Waals surface area contributed by atoms with Crippen molar-refractivity contribution in [1.29, 1.82) is 0 Å². The zero-order valence-corrected chi connectivity index (χ0v) is 11.9. The van der Waals surface area contributed by atoms with Crippen LogP contribution in [0, 0.1) is 5.41 Å². The van der Waals surface area contributed by atoms with Gasteiger partial charge in [-0.15, -0.1) is 0 Å². The van der Waals surface area contributed by atoms with Gasteiger partial charge in [-0.1, -0.05) is 6.92 Å². The molecule has 0 saturated carbocycles. The van der Waals surface area contributed by atoms with Gasteiger partial charge >= 0.3 is 12.0 Å². The molecule has 1 rings (SSSR count). The first-order valence-corrected chi connectivity index (χ1v) is 6.81. The van der Waals surface area contributed by atoms with E-state index in [9.17, 15) is 14.7 Å². The monoisotopic (exact) mass is 272 g/mol. The fraction of sp³-hybridized carbons (Fsp3) is 0.846. The van der Waals surface area contributed by atoms with E-state index >= 15 is 0 Å². The van der Waals surface area contributed by atoms with Crippen molar-refractivity contribution in [2.45, 2.75) is 39.7 Å². The number of carbonyl (C=O) groups is 2. The van der Waals surface area contributed by atoms with Crippen LogP contribution in [0.15, 0.2) is 0 Å². The number of ether oxygens (including phenoxy) is 1. The highest BCUT2D eigenvalue weighted by atomic mass is 16.5. The van der Waals surface area contributed by atoms with Gasteiger partial charge in [0.05, 0.1) is 18.1 Å². The van der Waals surface area contributed by atoms with Crippen LogP contribution in [0.1, 0.15) is 33.6 Å². The largest absolute Gasteiger partial charge is 0.481 e. The molecule has 0 bridgehead atoms. The smallest absolute Gasteiger partial charge is 0.317 e. The van der Waals surface area contributed by atoms with Gasteiger partial charge in [0.1, 0.15) is 0 Å². The summed E-state index contributed by atoms with van der Waals surface area (Å²) in [6, 6.07) is -0.280. The van der Waals surface area contributed by atoms with Gasteiger partial charge in [0.2, 0.25) is 0 Å². The van der Waals surface area contributed by atoms with E-state index in [2.05, 4.69) is 5.32 Å². The number of nitrogens with zero attached hydrogens (tertiary/aromatic N) is 1. The molecule has 6 nitrogen and oxygen atoms in total. The fourth-order valence-corrected chi connectivity index (χ4v) is 2.30. The van der Waals surface area contributed by atoms with E-state index in [1.165, 1.54) is 0 Å². The molecule has 2 amide bonds. The molecule has 1 aliphatic heterocycles. The predicted molar refractivity (Wildman–Crippen MR) is 71.0 cm³/mol. The topological polar surface area (TPSA) is 78.9 Å². The Labute approximate surface area is 114 Å². The number of urea groups is 1. The second-order valence-electron chi connectivity index (χ2n) is 5.12. The molecule has 19 heavy (non-hydrogen) atoms. The third kappa shape index (κ3) is 3.83. The molecule has 1 saturated heterocycles. The van der Waals surface area contributed by atoms with Crippen LogP contribution < -0.4 is 5.32 Å². The Morgan fingerprint density at radius 2 is 2.16 bits per heavy atom. The lowest BCUT2D eigenvalue weighted by Gasteiger charge is -2.24. The summed E-state index contributed by atoms with van der Waals surface area (Å²) in [6.07, 6.45) is 1.06. The van der Waals surface area contributed by atoms with Crippen molar-refractivity contribution in [2.24, 2.45) is 5.41 Å². The van der Waals surface area contributed by atoms with Gasteiger partial charge in [0.25, 0.3) is 0 Å². The van der Waals surface area contributed by atoms with Crippen molar-refractivity contribution >= 4 is 12.0 Å². The first-order valence-electron chi connectivity index (χ1n) is 6.81. The summed E-state index contributed by atoms with van der Waals surface area (Å²) in [7, 11) is 0. The number of carboxylic acid groups (broad SMARTS) is 1. The Kier molecular flexibility index (Phi) is 5.60. The number of amides is 2. The van der Waals surface area contributed by atoms with Gasteiger partial charge in [-0.3, -0.25) is 4.79 Å². The van der Waals surface area contributed by atoms with E-state index in [0.29, 0.717) is 32.6 Å². The van der Waals surface area contributed by atoms with Crippen molar-refractivity contribution in [1.82, 2.24) is 10.2 Å². The normalized spacial score (nSPS) is 24.3. The van der Waals surface area contributed by atoms with E-state index in [1.807, 2.05) is 20.8 Å². The molecule has 0 aromatic rings. The summed E-state index contributed by atoms with van der Waals surface area (Å²) >= 11 is 0. The van der Waals surface area contributed by atoms with Crippen LogP contribution in [0.2, 0.25) is 0 Å². The van der Waals surface area contributed by atoms with Gasteiger partial charge in [-0.25, -0.2) is 4.79 Å². The summed E-state index contributed by atoms with van der Waals surface area (Å²) in [5, 5.41) is 12.1. The molecule has 2 atom stereocenters. The fourth-order valence-electron chi connectivity index (χ4n) is 2.30. The molecule has 0 aromatic heterocycles. The summed E-state index contributed by atoms with van der Waals surface area (Å²) in [6.45, 7) is 7.48. The van der Waals surface area contributed by atoms with Crippen LogP contribution in [-0.2, 0) is 9.53 Å². The number of hydrogen-bond donors (Lipinski definition) is 2. The second-order valence-corrected chi connectivity index (χ2v) is 5.12. The highest BCUT2D eigenvalue weighted by Crippen LogP contribution is 2.34. The lowest BCUT2D eigenvalue weighted by Crippen LogP contribution is -2.46. The molecule has 0 aliphatic carbocycles. The molecule has 0 spiro atoms. The van der Waals surface area contributed by atoms with Gasteiger partial charge in [-0.2, -0.15) is 0 Å². The maximum Gasteiger partial charge on any atom is 0.317 e. The summed E-state index contributed by atoms with van der Waals surface area (Å²) in [4.78, 5) is 24.9. The second kappa shape index (κ2) is 6.75. The summed E-state index contributed by atoms with van der Waals surface area (Å²) < 4.78 is 5.23. The molecule has 1 aliphatic rings. The maximum atomic E-state index is 12.0. The molecule has 1 heterocycles. The van der Waals surface area contributed by atoms with Crippen LogP contribution in [0.3, 0.4) is 0 Å². The molecule has 0 aromatic carbocycles. The highest BCUT2D eigenvalue weighted by molar-refractivity contribution is 5.79.